The largest absolute Gasteiger partial charge is 0.504 e. The molecule has 1 aliphatic rings. The Hall–Kier alpha value is -2.58. The molecule has 146 valence electrons. The first kappa shape index (κ1) is 18.8. The highest BCUT2D eigenvalue weighted by atomic mass is 79.9. The number of β-amino-alcohol motifs (C(OH)–C–C–N with tert-alkyl or cyclic N) is 1. The van der Waals surface area contributed by atoms with Gasteiger partial charge in [0.1, 0.15) is 0 Å². The minimum absolute atomic E-state index is 0.000495. The van der Waals surface area contributed by atoms with E-state index in [1.807, 2.05) is 32.0 Å². The van der Waals surface area contributed by atoms with Gasteiger partial charge in [0, 0.05) is 15.9 Å². The number of ether oxygens (including phenoxy) is 1. The average molecular weight is 445 g/mol. The number of nitrogens with zero attached hydrogens (tertiary/aromatic N) is 3. The van der Waals surface area contributed by atoms with Gasteiger partial charge >= 0.3 is 0 Å². The van der Waals surface area contributed by atoms with E-state index in [9.17, 15) is 10.2 Å². The van der Waals surface area contributed by atoms with Gasteiger partial charge in [-0.3, -0.25) is 9.56 Å². The van der Waals surface area contributed by atoms with E-state index in [2.05, 4.69) is 26.2 Å². The predicted molar refractivity (Wildman–Crippen MR) is 111 cm³/mol. The topological polar surface area (TPSA) is 91.9 Å². The summed E-state index contributed by atoms with van der Waals surface area (Å²) in [5, 5.41) is 24.4. The lowest BCUT2D eigenvalue weighted by Gasteiger charge is -2.15. The highest BCUT2D eigenvalue weighted by Gasteiger charge is 2.24. The van der Waals surface area contributed by atoms with Gasteiger partial charge < -0.3 is 20.3 Å². The Kier molecular flexibility index (Phi) is 4.76. The van der Waals surface area contributed by atoms with E-state index in [1.165, 1.54) is 7.11 Å². The second-order valence-electron chi connectivity index (χ2n) is 6.79. The third kappa shape index (κ3) is 3.02. The molecule has 3 aromatic rings. The van der Waals surface area contributed by atoms with Crippen LogP contribution in [0.1, 0.15) is 30.3 Å². The monoisotopic (exact) mass is 444 g/mol. The normalized spacial score (nSPS) is 17.5. The smallest absolute Gasteiger partial charge is 0.207 e. The zero-order chi connectivity index (χ0) is 20.0. The number of fused-ring (bicyclic) bond motifs is 3. The van der Waals surface area contributed by atoms with Crippen molar-refractivity contribution in [1.82, 2.24) is 9.55 Å². The third-order valence-electron chi connectivity index (χ3n) is 5.05. The molecule has 0 aliphatic carbocycles. The molecule has 1 aliphatic heterocycles. The van der Waals surface area contributed by atoms with Crippen LogP contribution in [-0.4, -0.2) is 33.4 Å². The number of hydrogen-bond acceptors (Lipinski definition) is 6. The highest BCUT2D eigenvalue weighted by Crippen LogP contribution is 2.33. The van der Waals surface area contributed by atoms with Crippen LogP contribution in [0.5, 0.6) is 11.5 Å². The molecule has 0 fully saturated rings. The number of methoxy groups -OCH3 is 1. The molecule has 28 heavy (non-hydrogen) atoms. The minimum atomic E-state index is -0.752. The zero-order valence-electron chi connectivity index (χ0n) is 15.8. The predicted octanol–water partition coefficient (Wildman–Crippen LogP) is 3.40. The van der Waals surface area contributed by atoms with Crippen LogP contribution in [0, 0.1) is 6.92 Å². The molecule has 0 bridgehead atoms. The van der Waals surface area contributed by atoms with Gasteiger partial charge in [0.05, 0.1) is 25.2 Å². The molecule has 4 rings (SSSR count). The molecule has 8 heteroatoms. The molecule has 1 unspecified atom stereocenters. The first-order chi connectivity index (χ1) is 13.4. The van der Waals surface area contributed by atoms with Crippen molar-refractivity contribution in [1.29, 1.82) is 0 Å². The molecule has 0 saturated heterocycles. The van der Waals surface area contributed by atoms with E-state index < -0.39 is 6.23 Å². The van der Waals surface area contributed by atoms with Crippen LogP contribution in [0.25, 0.3) is 10.9 Å². The quantitative estimate of drug-likeness (QED) is 0.575. The van der Waals surface area contributed by atoms with Crippen molar-refractivity contribution in [2.45, 2.75) is 26.1 Å². The van der Waals surface area contributed by atoms with E-state index >= 15 is 0 Å². The number of nitrogens with one attached hydrogen (secondary N) is 1. The number of phenols is 1. The summed E-state index contributed by atoms with van der Waals surface area (Å²) in [6.45, 7) is 4.41. The van der Waals surface area contributed by atoms with Crippen molar-refractivity contribution in [3.63, 3.8) is 0 Å². The number of phenolic OH excluding ortho intramolecular Hbond substituents is 1. The fraction of sp³-hybridized carbons (Fsp3) is 0.300. The summed E-state index contributed by atoms with van der Waals surface area (Å²) in [6.07, 6.45) is -0.752. The number of hydrogen-bond donors (Lipinski definition) is 3. The molecule has 7 nitrogen and oxygen atoms in total. The molecule has 2 atom stereocenters. The first-order valence-corrected chi connectivity index (χ1v) is 9.74. The van der Waals surface area contributed by atoms with Gasteiger partial charge in [-0.05, 0) is 37.1 Å². The molecule has 0 radical (unpaired) electrons. The summed E-state index contributed by atoms with van der Waals surface area (Å²) in [5.74, 6) is 0.861. The summed E-state index contributed by atoms with van der Waals surface area (Å²) in [4.78, 5) is 9.45. The van der Waals surface area contributed by atoms with Gasteiger partial charge in [-0.1, -0.05) is 28.1 Å². The maximum atomic E-state index is 10.4. The van der Waals surface area contributed by atoms with Crippen LogP contribution in [0.2, 0.25) is 0 Å². The number of aromatic hydroxyl groups is 1. The standard InChI is InChI=1S/C20H21BrN4O3/c1-10-12(5-4-6-14(10)21)11(2)23-19-13-7-16(26)17(28-3)8-15(13)25-18(27)9-22-20(25)24-19/h4-8,11,18,26-27H,9H2,1-3H3,(H,22,23,24)/t11-,18?/m1/s1. The zero-order valence-corrected chi connectivity index (χ0v) is 17.4. The summed E-state index contributed by atoms with van der Waals surface area (Å²) in [6, 6.07) is 9.16. The molecular formula is C20H21BrN4O3. The Balaban J connectivity index is 1.98. The van der Waals surface area contributed by atoms with Crippen LogP contribution in [0.4, 0.5) is 5.95 Å². The number of aliphatic hydroxyl groups excluding tert-OH is 1. The summed E-state index contributed by atoms with van der Waals surface area (Å²) < 4.78 is 7.96. The van der Waals surface area contributed by atoms with Crippen LogP contribution in [0.15, 0.2) is 39.8 Å². The average Bonchev–Trinajstić information content (AvgIpc) is 3.04. The van der Waals surface area contributed by atoms with E-state index in [0.29, 0.717) is 34.6 Å². The van der Waals surface area contributed by atoms with Gasteiger partial charge in [0.15, 0.2) is 23.2 Å². The Bertz CT molecular complexity index is 1140. The number of halogens is 1. The van der Waals surface area contributed by atoms with Gasteiger partial charge in [-0.2, -0.15) is 4.98 Å². The van der Waals surface area contributed by atoms with E-state index in [0.717, 1.165) is 15.6 Å². The lowest BCUT2D eigenvalue weighted by atomic mass is 10.0. The van der Waals surface area contributed by atoms with Gasteiger partial charge in [0.2, 0.25) is 5.95 Å². The molecule has 0 amide bonds. The number of aromatic nitrogens is 2. The lowest BCUT2D eigenvalue weighted by molar-refractivity contribution is 0.135. The molecule has 1 aromatic heterocycles. The molecule has 0 saturated carbocycles. The van der Waals surface area contributed by atoms with Gasteiger partial charge in [-0.25, -0.2) is 0 Å². The fourth-order valence-electron chi connectivity index (χ4n) is 3.56. The molecule has 3 N–H and O–H groups in total. The second-order valence-corrected chi connectivity index (χ2v) is 7.65. The Morgan fingerprint density at radius 3 is 2.93 bits per heavy atom. The van der Waals surface area contributed by atoms with Crippen molar-refractivity contribution in [2.75, 3.05) is 19.0 Å². The summed E-state index contributed by atoms with van der Waals surface area (Å²) >= 11 is 3.57. The number of benzene rings is 2. The summed E-state index contributed by atoms with van der Waals surface area (Å²) in [5.41, 5.74) is 3.39. The van der Waals surface area contributed by atoms with Crippen molar-refractivity contribution in [3.8, 4) is 11.5 Å². The Labute approximate surface area is 170 Å². The van der Waals surface area contributed by atoms with Crippen molar-refractivity contribution in [3.05, 3.63) is 51.4 Å². The van der Waals surface area contributed by atoms with Crippen LogP contribution in [-0.2, 0) is 0 Å². The van der Waals surface area contributed by atoms with Crippen molar-refractivity contribution in [2.24, 2.45) is 4.99 Å². The Morgan fingerprint density at radius 2 is 2.18 bits per heavy atom. The number of anilines is 1. The fourth-order valence-corrected chi connectivity index (χ4v) is 3.94. The maximum absolute atomic E-state index is 10.4. The number of rotatable bonds is 3. The second kappa shape index (κ2) is 7.10. The van der Waals surface area contributed by atoms with Gasteiger partial charge in [-0.15, -0.1) is 0 Å². The molecule has 0 spiro atoms. The highest BCUT2D eigenvalue weighted by molar-refractivity contribution is 9.10. The van der Waals surface area contributed by atoms with Crippen LogP contribution in [0.3, 0.4) is 0 Å². The molecular weight excluding hydrogens is 424 g/mol. The van der Waals surface area contributed by atoms with Crippen LogP contribution >= 0.6 is 15.9 Å². The molecule has 2 heterocycles. The van der Waals surface area contributed by atoms with Crippen LogP contribution < -0.4 is 15.5 Å². The molecule has 2 aromatic carbocycles. The van der Waals surface area contributed by atoms with E-state index in [4.69, 9.17) is 9.73 Å². The minimum Gasteiger partial charge on any atom is -0.504 e. The van der Waals surface area contributed by atoms with E-state index in [-0.39, 0.29) is 11.8 Å². The van der Waals surface area contributed by atoms with E-state index in [1.54, 1.807) is 16.7 Å². The Morgan fingerprint density at radius 1 is 1.39 bits per heavy atom. The summed E-state index contributed by atoms with van der Waals surface area (Å²) in [7, 11) is 1.49. The maximum Gasteiger partial charge on any atom is 0.207 e. The van der Waals surface area contributed by atoms with Gasteiger partial charge in [0.25, 0.3) is 0 Å². The number of aliphatic hydroxyl groups is 1. The lowest BCUT2D eigenvalue weighted by Crippen LogP contribution is -2.17. The third-order valence-corrected chi connectivity index (χ3v) is 5.91. The van der Waals surface area contributed by atoms with Crippen molar-refractivity contribution < 1.29 is 14.9 Å². The SMILES string of the molecule is COc1cc2c(cc1O)c(=N[C@H](C)c1cccc(Br)c1C)nc1n2C(O)CN1. The first-order valence-electron chi connectivity index (χ1n) is 8.94. The van der Waals surface area contributed by atoms with Crippen molar-refractivity contribution >= 4 is 32.8 Å².